The molecule has 2 heterocycles. The highest BCUT2D eigenvalue weighted by molar-refractivity contribution is 6.34. The van der Waals surface area contributed by atoms with Gasteiger partial charge >= 0.3 is 5.97 Å². The van der Waals surface area contributed by atoms with Crippen molar-refractivity contribution in [1.82, 2.24) is 15.0 Å². The molecule has 2 aromatic rings. The number of H-pyrrole nitrogens is 1. The lowest BCUT2D eigenvalue weighted by molar-refractivity contribution is 0.0697. The molecule has 0 saturated carbocycles. The minimum atomic E-state index is -1.05. The molecule has 0 unspecified atom stereocenters. The number of imidazole rings is 1. The third-order valence-electron chi connectivity index (χ3n) is 1.92. The number of carbonyl (C=O) groups is 1. The Morgan fingerprint density at radius 1 is 1.64 bits per heavy atom. The highest BCUT2D eigenvalue weighted by atomic mass is 35.5. The predicted molar refractivity (Wildman–Crippen MR) is 50.6 cm³/mol. The molecule has 0 amide bonds. The van der Waals surface area contributed by atoms with Crippen molar-refractivity contribution >= 4 is 28.6 Å². The first-order valence-corrected chi connectivity index (χ1v) is 4.21. The van der Waals surface area contributed by atoms with E-state index in [1.165, 1.54) is 6.33 Å². The highest BCUT2D eigenvalue weighted by Crippen LogP contribution is 2.23. The lowest BCUT2D eigenvalue weighted by atomic mass is 10.2. The zero-order chi connectivity index (χ0) is 10.3. The van der Waals surface area contributed by atoms with Crippen molar-refractivity contribution in [2.24, 2.45) is 0 Å². The van der Waals surface area contributed by atoms with Crippen LogP contribution in [-0.2, 0) is 0 Å². The number of halogens is 1. The van der Waals surface area contributed by atoms with Crippen LogP contribution >= 0.6 is 11.6 Å². The van der Waals surface area contributed by atoms with Gasteiger partial charge in [0, 0.05) is 0 Å². The van der Waals surface area contributed by atoms with Crippen molar-refractivity contribution in [2.45, 2.75) is 6.92 Å². The lowest BCUT2D eigenvalue weighted by Gasteiger charge is -2.01. The average molecular weight is 212 g/mol. The molecule has 6 heteroatoms. The van der Waals surface area contributed by atoms with Gasteiger partial charge < -0.3 is 10.1 Å². The maximum atomic E-state index is 10.9. The molecule has 0 aliphatic carbocycles. The molecule has 0 fully saturated rings. The van der Waals surface area contributed by atoms with Crippen molar-refractivity contribution in [3.05, 3.63) is 22.7 Å². The summed E-state index contributed by atoms with van der Waals surface area (Å²) in [5.41, 5.74) is 1.25. The molecule has 0 aliphatic rings. The number of rotatable bonds is 1. The van der Waals surface area contributed by atoms with E-state index in [1.807, 2.05) is 0 Å². The number of aromatic nitrogens is 3. The summed E-state index contributed by atoms with van der Waals surface area (Å²) < 4.78 is 0. The molecule has 0 saturated heterocycles. The Kier molecular flexibility index (Phi) is 1.89. The molecular formula is C8H6ClN3O2. The standard InChI is InChI=1S/C8H6ClN3O2/c1-3-4(8(13)14)5-6(7(9)12-3)11-2-10-5/h2H,1H3,(H,10,11)(H,13,14). The van der Waals surface area contributed by atoms with E-state index in [1.54, 1.807) is 6.92 Å². The Morgan fingerprint density at radius 2 is 2.36 bits per heavy atom. The van der Waals surface area contributed by atoms with Crippen LogP contribution in [0.5, 0.6) is 0 Å². The fraction of sp³-hybridized carbons (Fsp3) is 0.125. The minimum absolute atomic E-state index is 0.0886. The Bertz CT molecular complexity index is 521. The summed E-state index contributed by atoms with van der Waals surface area (Å²) in [5, 5.41) is 9.17. The Labute approximate surface area is 83.8 Å². The van der Waals surface area contributed by atoms with Gasteiger partial charge in [-0.2, -0.15) is 0 Å². The molecule has 0 aromatic carbocycles. The highest BCUT2D eigenvalue weighted by Gasteiger charge is 2.17. The van der Waals surface area contributed by atoms with E-state index in [4.69, 9.17) is 16.7 Å². The molecule has 5 nitrogen and oxygen atoms in total. The third kappa shape index (κ3) is 1.13. The molecule has 0 atom stereocenters. The number of nitrogens with zero attached hydrogens (tertiary/aromatic N) is 2. The number of aromatic amines is 1. The van der Waals surface area contributed by atoms with Crippen molar-refractivity contribution < 1.29 is 9.90 Å². The molecule has 0 aliphatic heterocycles. The maximum absolute atomic E-state index is 10.9. The van der Waals surface area contributed by atoms with Crippen molar-refractivity contribution in [1.29, 1.82) is 0 Å². The third-order valence-corrected chi connectivity index (χ3v) is 2.20. The summed E-state index contributed by atoms with van der Waals surface area (Å²) in [7, 11) is 0. The summed E-state index contributed by atoms with van der Waals surface area (Å²) in [4.78, 5) is 21.5. The van der Waals surface area contributed by atoms with Crippen LogP contribution in [0.1, 0.15) is 16.1 Å². The van der Waals surface area contributed by atoms with Gasteiger partial charge in [0.2, 0.25) is 0 Å². The minimum Gasteiger partial charge on any atom is -0.478 e. The lowest BCUT2D eigenvalue weighted by Crippen LogP contribution is -2.03. The van der Waals surface area contributed by atoms with E-state index < -0.39 is 5.97 Å². The van der Waals surface area contributed by atoms with Crippen molar-refractivity contribution in [2.75, 3.05) is 0 Å². The van der Waals surface area contributed by atoms with E-state index >= 15 is 0 Å². The van der Waals surface area contributed by atoms with Gasteiger partial charge in [0.05, 0.1) is 12.0 Å². The van der Waals surface area contributed by atoms with Crippen LogP contribution < -0.4 is 0 Å². The fourth-order valence-corrected chi connectivity index (χ4v) is 1.60. The predicted octanol–water partition coefficient (Wildman–Crippen LogP) is 1.62. The molecule has 14 heavy (non-hydrogen) atoms. The normalized spacial score (nSPS) is 10.7. The molecular weight excluding hydrogens is 206 g/mol. The van der Waals surface area contributed by atoms with Gasteiger partial charge in [-0.05, 0) is 6.92 Å². The van der Waals surface area contributed by atoms with E-state index in [0.717, 1.165) is 0 Å². The van der Waals surface area contributed by atoms with E-state index in [2.05, 4.69) is 15.0 Å². The van der Waals surface area contributed by atoms with Crippen LogP contribution in [0, 0.1) is 6.92 Å². The summed E-state index contributed by atoms with van der Waals surface area (Å²) in [5.74, 6) is -1.05. The molecule has 2 aromatic heterocycles. The number of pyridine rings is 1. The number of fused-ring (bicyclic) bond motifs is 1. The summed E-state index contributed by atoms with van der Waals surface area (Å²) in [6.45, 7) is 1.59. The second-order valence-electron chi connectivity index (χ2n) is 2.79. The maximum Gasteiger partial charge on any atom is 0.339 e. The number of hydrogen-bond acceptors (Lipinski definition) is 3. The van der Waals surface area contributed by atoms with E-state index in [-0.39, 0.29) is 10.7 Å². The zero-order valence-corrected chi connectivity index (χ0v) is 7.96. The van der Waals surface area contributed by atoms with Gasteiger partial charge in [-0.25, -0.2) is 14.8 Å². The topological polar surface area (TPSA) is 78.9 Å². The monoisotopic (exact) mass is 211 g/mol. The SMILES string of the molecule is Cc1nc(Cl)c2[nH]cnc2c1C(=O)O. The van der Waals surface area contributed by atoms with Gasteiger partial charge in [0.1, 0.15) is 16.6 Å². The molecule has 72 valence electrons. The zero-order valence-electron chi connectivity index (χ0n) is 7.21. The van der Waals surface area contributed by atoms with Gasteiger partial charge in [-0.1, -0.05) is 11.6 Å². The van der Waals surface area contributed by atoms with Gasteiger partial charge in [0.15, 0.2) is 5.15 Å². The Hall–Kier alpha value is -1.62. The van der Waals surface area contributed by atoms with Gasteiger partial charge in [-0.15, -0.1) is 0 Å². The number of hydrogen-bond donors (Lipinski definition) is 2. The molecule has 0 bridgehead atoms. The molecule has 0 radical (unpaired) electrons. The second-order valence-corrected chi connectivity index (χ2v) is 3.15. The number of aromatic carboxylic acids is 1. The van der Waals surface area contributed by atoms with Crippen LogP contribution in [0.25, 0.3) is 11.0 Å². The second kappa shape index (κ2) is 2.95. The number of carboxylic acids is 1. The Balaban J connectivity index is 2.93. The van der Waals surface area contributed by atoms with Crippen LogP contribution in [0.2, 0.25) is 5.15 Å². The van der Waals surface area contributed by atoms with Crippen LogP contribution in [0.15, 0.2) is 6.33 Å². The number of aryl methyl sites for hydroxylation is 1. The van der Waals surface area contributed by atoms with E-state index in [9.17, 15) is 4.79 Å². The van der Waals surface area contributed by atoms with Gasteiger partial charge in [0.25, 0.3) is 0 Å². The number of nitrogens with one attached hydrogen (secondary N) is 1. The first kappa shape index (κ1) is 8.96. The van der Waals surface area contributed by atoms with Crippen molar-refractivity contribution in [3.63, 3.8) is 0 Å². The number of carboxylic acid groups (broad SMARTS) is 1. The first-order valence-electron chi connectivity index (χ1n) is 3.83. The van der Waals surface area contributed by atoms with Crippen LogP contribution in [0.3, 0.4) is 0 Å². The fourth-order valence-electron chi connectivity index (χ4n) is 1.33. The molecule has 0 spiro atoms. The summed E-state index contributed by atoms with van der Waals surface area (Å²) in [6, 6.07) is 0. The summed E-state index contributed by atoms with van der Waals surface area (Å²) in [6.07, 6.45) is 1.39. The van der Waals surface area contributed by atoms with Gasteiger partial charge in [-0.3, -0.25) is 0 Å². The van der Waals surface area contributed by atoms with Crippen LogP contribution in [0.4, 0.5) is 0 Å². The smallest absolute Gasteiger partial charge is 0.339 e. The quantitative estimate of drug-likeness (QED) is 0.703. The first-order chi connectivity index (χ1) is 6.61. The molecule has 2 N–H and O–H groups in total. The largest absolute Gasteiger partial charge is 0.478 e. The molecule has 2 rings (SSSR count). The average Bonchev–Trinajstić information content (AvgIpc) is 2.51. The van der Waals surface area contributed by atoms with Crippen molar-refractivity contribution in [3.8, 4) is 0 Å². The van der Waals surface area contributed by atoms with Crippen LogP contribution in [-0.4, -0.2) is 26.0 Å². The Morgan fingerprint density at radius 3 is 3.00 bits per heavy atom. The van der Waals surface area contributed by atoms with E-state index in [0.29, 0.717) is 16.7 Å². The summed E-state index contributed by atoms with van der Waals surface area (Å²) >= 11 is 5.81.